The molecule has 3 aromatic rings. The number of hydrogen-bond acceptors (Lipinski definition) is 4. The van der Waals surface area contributed by atoms with E-state index in [1.165, 1.54) is 37.1 Å². The van der Waals surface area contributed by atoms with E-state index in [9.17, 15) is 9.18 Å². The second kappa shape index (κ2) is 6.51. The number of halogens is 1. The van der Waals surface area contributed by atoms with E-state index in [2.05, 4.69) is 20.8 Å². The van der Waals surface area contributed by atoms with Gasteiger partial charge in [0.1, 0.15) is 11.5 Å². The van der Waals surface area contributed by atoms with Crippen molar-refractivity contribution in [2.24, 2.45) is 0 Å². The Morgan fingerprint density at radius 2 is 1.86 bits per heavy atom. The predicted molar refractivity (Wildman–Crippen MR) is 101 cm³/mol. The highest BCUT2D eigenvalue weighted by atomic mass is 19.1. The van der Waals surface area contributed by atoms with E-state index in [0.717, 1.165) is 23.0 Å². The number of nitrogens with zero attached hydrogens (tertiary/aromatic N) is 5. The van der Waals surface area contributed by atoms with Crippen LogP contribution in [-0.4, -0.2) is 37.1 Å². The zero-order chi connectivity index (χ0) is 19.3. The van der Waals surface area contributed by atoms with Crippen LogP contribution in [0.25, 0.3) is 11.5 Å². The molecule has 1 aromatic carbocycles. The van der Waals surface area contributed by atoms with Gasteiger partial charge in [0.2, 0.25) is 0 Å². The number of fused-ring (bicyclic) bond motifs is 1. The minimum Gasteiger partial charge on any atom is -0.327 e. The first-order valence-electron chi connectivity index (χ1n) is 9.59. The zero-order valence-corrected chi connectivity index (χ0v) is 15.5. The number of aromatic nitrogens is 4. The average molecular weight is 377 g/mol. The molecule has 1 saturated carbocycles. The minimum absolute atomic E-state index is 0.128. The number of hydrogen-bond donors (Lipinski definition) is 0. The third kappa shape index (κ3) is 2.87. The molecule has 0 unspecified atom stereocenters. The van der Waals surface area contributed by atoms with E-state index in [1.54, 1.807) is 4.90 Å². The first-order valence-corrected chi connectivity index (χ1v) is 9.59. The molecule has 6 nitrogen and oxygen atoms in total. The first-order chi connectivity index (χ1) is 13.6. The molecule has 0 spiro atoms. The number of rotatable bonds is 3. The summed E-state index contributed by atoms with van der Waals surface area (Å²) in [5.41, 5.74) is 2.42. The fraction of sp³-hybridized carbons (Fsp3) is 0.333. The van der Waals surface area contributed by atoms with Crippen molar-refractivity contribution >= 4 is 5.91 Å². The van der Waals surface area contributed by atoms with Gasteiger partial charge in [-0.2, -0.15) is 0 Å². The van der Waals surface area contributed by atoms with Crippen LogP contribution in [0.4, 0.5) is 4.39 Å². The van der Waals surface area contributed by atoms with Gasteiger partial charge in [-0.05, 0) is 56.2 Å². The standard InChI is InChI=1S/C21H20FN5O/c1-13-19-24-25-20(18-4-2-3-17(23-18)14-5-6-14)27(19)12-11-26(13)21(28)15-7-9-16(22)10-8-15/h2-4,7-10,13-14H,5-6,11-12H2,1H3/t13-/m1/s1. The second-order valence-corrected chi connectivity index (χ2v) is 7.44. The summed E-state index contributed by atoms with van der Waals surface area (Å²) in [7, 11) is 0. The van der Waals surface area contributed by atoms with E-state index in [-0.39, 0.29) is 17.8 Å². The maximum absolute atomic E-state index is 13.2. The Morgan fingerprint density at radius 1 is 1.07 bits per heavy atom. The van der Waals surface area contributed by atoms with E-state index < -0.39 is 0 Å². The van der Waals surface area contributed by atoms with Crippen molar-refractivity contribution in [2.45, 2.75) is 38.3 Å². The molecule has 1 fully saturated rings. The SMILES string of the molecule is C[C@@H]1c2nnc(-c3cccc(C4CC4)n3)n2CCN1C(=O)c1ccc(F)cc1. The predicted octanol–water partition coefficient (Wildman–Crippen LogP) is 3.57. The van der Waals surface area contributed by atoms with Gasteiger partial charge >= 0.3 is 0 Å². The monoisotopic (exact) mass is 377 g/mol. The van der Waals surface area contributed by atoms with Gasteiger partial charge in [-0.3, -0.25) is 4.79 Å². The summed E-state index contributed by atoms with van der Waals surface area (Å²) in [5.74, 6) is 1.59. The van der Waals surface area contributed by atoms with Crippen molar-refractivity contribution in [2.75, 3.05) is 6.54 Å². The van der Waals surface area contributed by atoms with Gasteiger partial charge in [0, 0.05) is 30.3 Å². The fourth-order valence-corrected chi connectivity index (χ4v) is 3.79. The quantitative estimate of drug-likeness (QED) is 0.700. The lowest BCUT2D eigenvalue weighted by Gasteiger charge is -2.33. The third-order valence-electron chi connectivity index (χ3n) is 5.53. The Hall–Kier alpha value is -3.09. The molecule has 142 valence electrons. The van der Waals surface area contributed by atoms with Gasteiger partial charge in [-0.15, -0.1) is 10.2 Å². The Kier molecular flexibility index (Phi) is 3.96. The largest absolute Gasteiger partial charge is 0.327 e. The molecule has 0 bridgehead atoms. The topological polar surface area (TPSA) is 63.9 Å². The Balaban J connectivity index is 1.44. The maximum Gasteiger partial charge on any atom is 0.254 e. The van der Waals surface area contributed by atoms with Crippen LogP contribution in [0.1, 0.15) is 53.6 Å². The van der Waals surface area contributed by atoms with Gasteiger partial charge in [-0.1, -0.05) is 6.07 Å². The molecule has 28 heavy (non-hydrogen) atoms. The normalized spacial score (nSPS) is 18.8. The van der Waals surface area contributed by atoms with Gasteiger partial charge in [0.15, 0.2) is 11.6 Å². The number of carbonyl (C=O) groups excluding carboxylic acids is 1. The van der Waals surface area contributed by atoms with Gasteiger partial charge in [-0.25, -0.2) is 9.37 Å². The molecule has 1 aliphatic heterocycles. The molecular weight excluding hydrogens is 357 g/mol. The molecular formula is C21H20FN5O. The van der Waals surface area contributed by atoms with Crippen LogP contribution in [0.3, 0.4) is 0 Å². The highest BCUT2D eigenvalue weighted by molar-refractivity contribution is 5.94. The van der Waals surface area contributed by atoms with Crippen molar-refractivity contribution in [1.82, 2.24) is 24.6 Å². The highest BCUT2D eigenvalue weighted by Crippen LogP contribution is 2.39. The number of amides is 1. The summed E-state index contributed by atoms with van der Waals surface area (Å²) < 4.78 is 15.2. The first kappa shape index (κ1) is 17.0. The lowest BCUT2D eigenvalue weighted by atomic mass is 10.1. The minimum atomic E-state index is -0.353. The van der Waals surface area contributed by atoms with Gasteiger partial charge < -0.3 is 9.47 Å². The molecule has 7 heteroatoms. The van der Waals surface area contributed by atoms with Crippen molar-refractivity contribution in [1.29, 1.82) is 0 Å². The summed E-state index contributed by atoms with van der Waals surface area (Å²) in [6, 6.07) is 11.5. The average Bonchev–Trinajstić information content (AvgIpc) is 3.48. The van der Waals surface area contributed by atoms with Crippen molar-refractivity contribution < 1.29 is 9.18 Å². The zero-order valence-electron chi connectivity index (χ0n) is 15.5. The number of benzene rings is 1. The van der Waals surface area contributed by atoms with E-state index >= 15 is 0 Å². The summed E-state index contributed by atoms with van der Waals surface area (Å²) in [4.78, 5) is 19.4. The van der Waals surface area contributed by atoms with Crippen molar-refractivity contribution in [3.05, 3.63) is 65.4 Å². The lowest BCUT2D eigenvalue weighted by molar-refractivity contribution is 0.0638. The molecule has 1 amide bonds. The summed E-state index contributed by atoms with van der Waals surface area (Å²) in [6.45, 7) is 3.08. The third-order valence-corrected chi connectivity index (χ3v) is 5.53. The van der Waals surface area contributed by atoms with Crippen LogP contribution in [0.15, 0.2) is 42.5 Å². The molecule has 0 radical (unpaired) electrons. The molecule has 5 rings (SSSR count). The highest BCUT2D eigenvalue weighted by Gasteiger charge is 2.32. The van der Waals surface area contributed by atoms with Crippen LogP contribution in [0.2, 0.25) is 0 Å². The summed E-state index contributed by atoms with van der Waals surface area (Å²) in [6.07, 6.45) is 2.40. The maximum atomic E-state index is 13.2. The second-order valence-electron chi connectivity index (χ2n) is 7.44. The Morgan fingerprint density at radius 3 is 2.61 bits per heavy atom. The molecule has 2 aromatic heterocycles. The van der Waals surface area contributed by atoms with Crippen molar-refractivity contribution in [3.63, 3.8) is 0 Å². The van der Waals surface area contributed by atoms with E-state index in [4.69, 9.17) is 4.98 Å². The number of pyridine rings is 1. The van der Waals surface area contributed by atoms with Gasteiger partial charge in [0.25, 0.3) is 5.91 Å². The van der Waals surface area contributed by atoms with Crippen LogP contribution >= 0.6 is 0 Å². The van der Waals surface area contributed by atoms with Crippen LogP contribution in [0.5, 0.6) is 0 Å². The summed E-state index contributed by atoms with van der Waals surface area (Å²) >= 11 is 0. The molecule has 3 heterocycles. The molecule has 1 aliphatic carbocycles. The molecule has 2 aliphatic rings. The van der Waals surface area contributed by atoms with Crippen LogP contribution in [-0.2, 0) is 6.54 Å². The van der Waals surface area contributed by atoms with Crippen molar-refractivity contribution in [3.8, 4) is 11.5 Å². The Labute approximate surface area is 162 Å². The summed E-state index contributed by atoms with van der Waals surface area (Å²) in [5, 5.41) is 8.74. The molecule has 1 atom stereocenters. The van der Waals surface area contributed by atoms with Crippen LogP contribution < -0.4 is 0 Å². The van der Waals surface area contributed by atoms with Crippen LogP contribution in [0, 0.1) is 5.82 Å². The number of carbonyl (C=O) groups is 1. The smallest absolute Gasteiger partial charge is 0.254 e. The Bertz CT molecular complexity index is 1040. The lowest BCUT2D eigenvalue weighted by Crippen LogP contribution is -2.41. The molecule has 0 saturated heterocycles. The van der Waals surface area contributed by atoms with Gasteiger partial charge in [0.05, 0.1) is 6.04 Å². The van der Waals surface area contributed by atoms with E-state index in [0.29, 0.717) is 24.6 Å². The van der Waals surface area contributed by atoms with E-state index in [1.807, 2.05) is 19.1 Å². The molecule has 0 N–H and O–H groups in total. The fourth-order valence-electron chi connectivity index (χ4n) is 3.79.